The van der Waals surface area contributed by atoms with Crippen LogP contribution in [0.5, 0.6) is 0 Å². The fraction of sp³-hybridized carbons (Fsp3) is 0. The van der Waals surface area contributed by atoms with E-state index in [2.05, 4.69) is 157 Å². The van der Waals surface area contributed by atoms with Crippen LogP contribution >= 0.6 is 11.3 Å². The average molecular weight is 568 g/mol. The summed E-state index contributed by atoms with van der Waals surface area (Å²) >= 11 is 1.86. The summed E-state index contributed by atoms with van der Waals surface area (Å²) < 4.78 is 9.06. The first-order valence-electron chi connectivity index (χ1n) is 14.5. The van der Waals surface area contributed by atoms with Crippen LogP contribution in [0.3, 0.4) is 0 Å². The van der Waals surface area contributed by atoms with E-state index in [1.807, 2.05) is 11.3 Å². The second-order valence-electron chi connectivity index (χ2n) is 10.9. The molecule has 0 aliphatic heterocycles. The Bertz CT molecular complexity index is 2450. The number of thiophene rings is 1. The quantitative estimate of drug-likeness (QED) is 0.210. The van der Waals surface area contributed by atoms with Gasteiger partial charge in [-0.05, 0) is 71.1 Å². The second kappa shape index (κ2) is 9.59. The first-order valence-corrected chi connectivity index (χ1v) is 15.3. The van der Waals surface area contributed by atoms with Crippen LogP contribution in [-0.4, -0.2) is 0 Å². The van der Waals surface area contributed by atoms with E-state index in [0.717, 1.165) is 49.8 Å². The number of para-hydroxylation sites is 1. The summed E-state index contributed by atoms with van der Waals surface area (Å²) in [5, 5.41) is 7.25. The minimum Gasteiger partial charge on any atom is -0.455 e. The summed E-state index contributed by atoms with van der Waals surface area (Å²) in [5.74, 6) is 0. The van der Waals surface area contributed by atoms with Crippen LogP contribution in [-0.2, 0) is 0 Å². The summed E-state index contributed by atoms with van der Waals surface area (Å²) in [5.41, 5.74) is 7.61. The van der Waals surface area contributed by atoms with Crippen molar-refractivity contribution in [1.82, 2.24) is 0 Å². The molecule has 0 bridgehead atoms. The zero-order valence-corrected chi connectivity index (χ0v) is 24.0. The molecule has 9 rings (SSSR count). The first-order chi connectivity index (χ1) is 21.3. The van der Waals surface area contributed by atoms with Crippen molar-refractivity contribution in [3.05, 3.63) is 152 Å². The third-order valence-corrected chi connectivity index (χ3v) is 9.67. The molecule has 0 atom stereocenters. The largest absolute Gasteiger partial charge is 0.455 e. The number of furan rings is 1. The van der Waals surface area contributed by atoms with E-state index in [9.17, 15) is 0 Å². The van der Waals surface area contributed by atoms with Gasteiger partial charge in [-0.3, -0.25) is 0 Å². The summed E-state index contributed by atoms with van der Waals surface area (Å²) in [6, 6.07) is 54.2. The Balaban J connectivity index is 1.16. The lowest BCUT2D eigenvalue weighted by molar-refractivity contribution is 0.673. The number of hydrogen-bond acceptors (Lipinski definition) is 3. The number of nitrogens with zero attached hydrogens (tertiary/aromatic N) is 1. The van der Waals surface area contributed by atoms with Crippen molar-refractivity contribution in [3.63, 3.8) is 0 Å². The van der Waals surface area contributed by atoms with Gasteiger partial charge in [0, 0.05) is 43.0 Å². The summed E-state index contributed by atoms with van der Waals surface area (Å²) in [4.78, 5) is 2.37. The molecular formula is C40H25NOS. The summed E-state index contributed by atoms with van der Waals surface area (Å²) in [6.45, 7) is 0. The predicted molar refractivity (Wildman–Crippen MR) is 184 cm³/mol. The average Bonchev–Trinajstić information content (AvgIpc) is 3.65. The third kappa shape index (κ3) is 3.86. The molecule has 43 heavy (non-hydrogen) atoms. The monoisotopic (exact) mass is 567 g/mol. The number of rotatable bonds is 4. The molecule has 3 heteroatoms. The van der Waals surface area contributed by atoms with E-state index in [0.29, 0.717) is 0 Å². The molecule has 0 radical (unpaired) electrons. The molecule has 2 heterocycles. The van der Waals surface area contributed by atoms with Crippen molar-refractivity contribution >= 4 is 81.3 Å². The highest BCUT2D eigenvalue weighted by atomic mass is 32.1. The molecule has 0 aliphatic rings. The van der Waals surface area contributed by atoms with Crippen LogP contribution in [0.25, 0.3) is 64.0 Å². The molecule has 2 aromatic heterocycles. The van der Waals surface area contributed by atoms with Crippen LogP contribution in [0.4, 0.5) is 17.1 Å². The van der Waals surface area contributed by atoms with E-state index in [1.165, 1.54) is 31.2 Å². The van der Waals surface area contributed by atoms with E-state index in [4.69, 9.17) is 4.42 Å². The van der Waals surface area contributed by atoms with Gasteiger partial charge in [-0.25, -0.2) is 0 Å². The van der Waals surface area contributed by atoms with Gasteiger partial charge in [0.1, 0.15) is 11.2 Å². The molecule has 202 valence electrons. The van der Waals surface area contributed by atoms with Crippen molar-refractivity contribution in [2.24, 2.45) is 0 Å². The Labute approximate surface area is 252 Å². The molecule has 0 spiro atoms. The van der Waals surface area contributed by atoms with Crippen molar-refractivity contribution in [1.29, 1.82) is 0 Å². The SMILES string of the molecule is c1ccc(N(c2ccc(-c3ccc4c(c3)oc3c5ccccc5ccc43)cc2)c2cccc3c2sc2ccccc23)cc1. The molecule has 2 nitrogen and oxygen atoms in total. The van der Waals surface area contributed by atoms with E-state index in [-0.39, 0.29) is 0 Å². The van der Waals surface area contributed by atoms with Gasteiger partial charge in [-0.2, -0.15) is 0 Å². The Morgan fingerprint density at radius 3 is 2.05 bits per heavy atom. The number of fused-ring (bicyclic) bond motifs is 8. The molecule has 9 aromatic rings. The van der Waals surface area contributed by atoms with Crippen LogP contribution in [0.1, 0.15) is 0 Å². The Morgan fingerprint density at radius 2 is 1.16 bits per heavy atom. The van der Waals surface area contributed by atoms with Crippen LogP contribution in [0.2, 0.25) is 0 Å². The van der Waals surface area contributed by atoms with Crippen LogP contribution in [0.15, 0.2) is 156 Å². The fourth-order valence-electron chi connectivity index (χ4n) is 6.40. The van der Waals surface area contributed by atoms with Gasteiger partial charge in [0.2, 0.25) is 0 Å². The first kappa shape index (κ1) is 24.2. The molecule has 0 saturated carbocycles. The zero-order chi connectivity index (χ0) is 28.3. The van der Waals surface area contributed by atoms with Crippen molar-refractivity contribution in [2.75, 3.05) is 4.90 Å². The number of benzene rings is 7. The lowest BCUT2D eigenvalue weighted by Gasteiger charge is -2.26. The van der Waals surface area contributed by atoms with Gasteiger partial charge in [0.05, 0.1) is 10.4 Å². The van der Waals surface area contributed by atoms with E-state index >= 15 is 0 Å². The zero-order valence-electron chi connectivity index (χ0n) is 23.2. The van der Waals surface area contributed by atoms with Gasteiger partial charge in [-0.1, -0.05) is 97.1 Å². The molecule has 0 fully saturated rings. The standard InChI is InChI=1S/C40H25NOS/c1-2-10-29(11-3-1)41(36-15-8-14-35-33-13-6-7-16-38(33)43-40(35)36)30-21-17-26(18-22-30)28-20-23-32-34-24-19-27-9-4-5-12-31(27)39(34)42-37(32)25-28/h1-25H. The van der Waals surface area contributed by atoms with Gasteiger partial charge >= 0.3 is 0 Å². The number of hydrogen-bond donors (Lipinski definition) is 0. The summed E-state index contributed by atoms with van der Waals surface area (Å²) in [7, 11) is 0. The lowest BCUT2D eigenvalue weighted by Crippen LogP contribution is -2.09. The molecule has 0 unspecified atom stereocenters. The molecular weight excluding hydrogens is 543 g/mol. The Morgan fingerprint density at radius 1 is 0.465 bits per heavy atom. The second-order valence-corrected chi connectivity index (χ2v) is 12.0. The minimum absolute atomic E-state index is 0.912. The molecule has 7 aromatic carbocycles. The Kier molecular flexibility index (Phi) is 5.40. The number of anilines is 3. The van der Waals surface area contributed by atoms with E-state index in [1.54, 1.807) is 0 Å². The highest BCUT2D eigenvalue weighted by molar-refractivity contribution is 7.26. The lowest BCUT2D eigenvalue weighted by atomic mass is 10.0. The van der Waals surface area contributed by atoms with Crippen molar-refractivity contribution in [2.45, 2.75) is 0 Å². The van der Waals surface area contributed by atoms with Crippen LogP contribution in [0, 0.1) is 0 Å². The maximum absolute atomic E-state index is 6.46. The highest BCUT2D eigenvalue weighted by Crippen LogP contribution is 2.45. The molecule has 0 N–H and O–H groups in total. The van der Waals surface area contributed by atoms with Gasteiger partial charge in [-0.15, -0.1) is 11.3 Å². The molecule has 0 amide bonds. The highest BCUT2D eigenvalue weighted by Gasteiger charge is 2.18. The molecule has 0 aliphatic carbocycles. The van der Waals surface area contributed by atoms with Gasteiger partial charge < -0.3 is 9.32 Å². The smallest absolute Gasteiger partial charge is 0.143 e. The maximum atomic E-state index is 6.46. The third-order valence-electron chi connectivity index (χ3n) is 8.46. The van der Waals surface area contributed by atoms with Gasteiger partial charge in [0.15, 0.2) is 0 Å². The topological polar surface area (TPSA) is 16.4 Å². The molecule has 0 saturated heterocycles. The fourth-order valence-corrected chi connectivity index (χ4v) is 7.61. The Hall–Kier alpha value is -5.38. The minimum atomic E-state index is 0.912. The van der Waals surface area contributed by atoms with Crippen molar-refractivity contribution < 1.29 is 4.42 Å². The van der Waals surface area contributed by atoms with Gasteiger partial charge in [0.25, 0.3) is 0 Å². The predicted octanol–water partition coefficient (Wildman–Crippen LogP) is 12.2. The van der Waals surface area contributed by atoms with Crippen LogP contribution < -0.4 is 4.90 Å². The normalized spacial score (nSPS) is 11.7. The maximum Gasteiger partial charge on any atom is 0.143 e. The summed E-state index contributed by atoms with van der Waals surface area (Å²) in [6.07, 6.45) is 0. The van der Waals surface area contributed by atoms with E-state index < -0.39 is 0 Å². The van der Waals surface area contributed by atoms with Crippen molar-refractivity contribution in [3.8, 4) is 11.1 Å².